The van der Waals surface area contributed by atoms with Gasteiger partial charge in [-0.1, -0.05) is 23.7 Å². The molecule has 4 rings (SSSR count). The topological polar surface area (TPSA) is 28.2 Å². The molecule has 1 aromatic carbocycles. The third kappa shape index (κ3) is 2.92. The highest BCUT2D eigenvalue weighted by atomic mass is 35.5. The summed E-state index contributed by atoms with van der Waals surface area (Å²) in [4.78, 5) is 7.31. The summed E-state index contributed by atoms with van der Waals surface area (Å²) in [6.07, 6.45) is 5.41. The zero-order valence-corrected chi connectivity index (χ0v) is 13.6. The van der Waals surface area contributed by atoms with E-state index in [0.29, 0.717) is 5.41 Å². The lowest BCUT2D eigenvalue weighted by Gasteiger charge is -2.23. The Bertz CT molecular complexity index is 675. The van der Waals surface area contributed by atoms with Gasteiger partial charge >= 0.3 is 0 Å². The Balaban J connectivity index is 1.44. The SMILES string of the molecule is Clc1cccc2ccc(NCC3(CN4CCCC4)CC3)nc12. The number of aromatic nitrogens is 1. The second-order valence-corrected chi connectivity index (χ2v) is 7.25. The lowest BCUT2D eigenvalue weighted by atomic mass is 10.1. The molecule has 4 heteroatoms. The van der Waals surface area contributed by atoms with Gasteiger partial charge in [0.1, 0.15) is 5.82 Å². The maximum atomic E-state index is 6.25. The van der Waals surface area contributed by atoms with Gasteiger partial charge < -0.3 is 10.2 Å². The van der Waals surface area contributed by atoms with E-state index in [0.717, 1.165) is 28.3 Å². The Morgan fingerprint density at radius 1 is 1.14 bits per heavy atom. The molecule has 1 aromatic heterocycles. The third-order valence-corrected chi connectivity index (χ3v) is 5.34. The summed E-state index contributed by atoms with van der Waals surface area (Å²) >= 11 is 6.25. The van der Waals surface area contributed by atoms with Crippen molar-refractivity contribution in [3.63, 3.8) is 0 Å². The molecule has 1 aliphatic carbocycles. The van der Waals surface area contributed by atoms with Gasteiger partial charge in [-0.25, -0.2) is 4.98 Å². The summed E-state index contributed by atoms with van der Waals surface area (Å²) in [6.45, 7) is 4.83. The highest BCUT2D eigenvalue weighted by molar-refractivity contribution is 6.35. The Labute approximate surface area is 136 Å². The van der Waals surface area contributed by atoms with Crippen LogP contribution in [0.2, 0.25) is 5.02 Å². The number of anilines is 1. The van der Waals surface area contributed by atoms with Crippen molar-refractivity contribution in [2.75, 3.05) is 31.5 Å². The van der Waals surface area contributed by atoms with Gasteiger partial charge in [0.25, 0.3) is 0 Å². The molecule has 2 heterocycles. The van der Waals surface area contributed by atoms with E-state index < -0.39 is 0 Å². The maximum absolute atomic E-state index is 6.25. The lowest BCUT2D eigenvalue weighted by Crippen LogP contribution is -2.32. The molecule has 116 valence electrons. The molecule has 1 saturated heterocycles. The number of hydrogen-bond acceptors (Lipinski definition) is 3. The van der Waals surface area contributed by atoms with E-state index in [1.165, 1.54) is 45.3 Å². The molecule has 0 spiro atoms. The highest BCUT2D eigenvalue weighted by Gasteiger charge is 2.43. The number of fused-ring (bicyclic) bond motifs is 1. The van der Waals surface area contributed by atoms with Crippen LogP contribution in [0.5, 0.6) is 0 Å². The smallest absolute Gasteiger partial charge is 0.126 e. The van der Waals surface area contributed by atoms with Crippen molar-refractivity contribution in [3.05, 3.63) is 35.4 Å². The van der Waals surface area contributed by atoms with Crippen molar-refractivity contribution in [2.45, 2.75) is 25.7 Å². The van der Waals surface area contributed by atoms with Crippen LogP contribution >= 0.6 is 11.6 Å². The van der Waals surface area contributed by atoms with Gasteiger partial charge in [-0.05, 0) is 57.0 Å². The van der Waals surface area contributed by atoms with Gasteiger partial charge in [0, 0.05) is 23.9 Å². The first-order chi connectivity index (χ1) is 10.7. The van der Waals surface area contributed by atoms with Crippen LogP contribution in [-0.4, -0.2) is 36.1 Å². The van der Waals surface area contributed by atoms with Crippen molar-refractivity contribution < 1.29 is 0 Å². The van der Waals surface area contributed by atoms with Crippen LogP contribution < -0.4 is 5.32 Å². The Morgan fingerprint density at radius 3 is 2.73 bits per heavy atom. The van der Waals surface area contributed by atoms with Crippen LogP contribution in [-0.2, 0) is 0 Å². The molecule has 1 aliphatic heterocycles. The number of likely N-dealkylation sites (tertiary alicyclic amines) is 1. The molecule has 1 saturated carbocycles. The van der Waals surface area contributed by atoms with Crippen molar-refractivity contribution >= 4 is 28.3 Å². The standard InChI is InChI=1S/C18H22ClN3/c19-15-5-3-4-14-6-7-16(21-17(14)15)20-12-18(8-9-18)13-22-10-1-2-11-22/h3-7H,1-2,8-13H2,(H,20,21). The summed E-state index contributed by atoms with van der Waals surface area (Å²) in [5, 5.41) is 5.36. The minimum atomic E-state index is 0.474. The lowest BCUT2D eigenvalue weighted by molar-refractivity contribution is 0.271. The Hall–Kier alpha value is -1.32. The number of halogens is 1. The molecule has 1 N–H and O–H groups in total. The fraction of sp³-hybridized carbons (Fsp3) is 0.500. The zero-order chi connectivity index (χ0) is 15.0. The molecule has 2 aromatic rings. The van der Waals surface area contributed by atoms with Gasteiger partial charge in [-0.2, -0.15) is 0 Å². The van der Waals surface area contributed by atoms with Gasteiger partial charge in [0.05, 0.1) is 10.5 Å². The van der Waals surface area contributed by atoms with Crippen LogP contribution in [0.15, 0.2) is 30.3 Å². The first kappa shape index (κ1) is 14.3. The van der Waals surface area contributed by atoms with Crippen LogP contribution in [0.4, 0.5) is 5.82 Å². The van der Waals surface area contributed by atoms with E-state index >= 15 is 0 Å². The molecule has 3 nitrogen and oxygen atoms in total. The predicted molar refractivity (Wildman–Crippen MR) is 92.6 cm³/mol. The van der Waals surface area contributed by atoms with Gasteiger partial charge in [0.15, 0.2) is 0 Å². The summed E-state index contributed by atoms with van der Waals surface area (Å²) in [5.41, 5.74) is 1.36. The molecular formula is C18H22ClN3. The second-order valence-electron chi connectivity index (χ2n) is 6.84. The van der Waals surface area contributed by atoms with Crippen molar-refractivity contribution in [1.82, 2.24) is 9.88 Å². The fourth-order valence-corrected chi connectivity index (χ4v) is 3.69. The predicted octanol–water partition coefficient (Wildman–Crippen LogP) is 4.18. The second kappa shape index (κ2) is 5.71. The quantitative estimate of drug-likeness (QED) is 0.897. The van der Waals surface area contributed by atoms with E-state index in [-0.39, 0.29) is 0 Å². The number of benzene rings is 1. The highest BCUT2D eigenvalue weighted by Crippen LogP contribution is 2.46. The molecule has 0 bridgehead atoms. The number of pyridine rings is 1. The van der Waals surface area contributed by atoms with Crippen molar-refractivity contribution in [2.24, 2.45) is 5.41 Å². The zero-order valence-electron chi connectivity index (χ0n) is 12.8. The van der Waals surface area contributed by atoms with Gasteiger partial charge in [-0.3, -0.25) is 0 Å². The van der Waals surface area contributed by atoms with Crippen molar-refractivity contribution in [1.29, 1.82) is 0 Å². The van der Waals surface area contributed by atoms with Crippen LogP contribution in [0.25, 0.3) is 10.9 Å². The molecule has 0 atom stereocenters. The summed E-state index contributed by atoms with van der Waals surface area (Å²) in [6, 6.07) is 10.1. The summed E-state index contributed by atoms with van der Waals surface area (Å²) in [5.74, 6) is 0.938. The Kier molecular flexibility index (Phi) is 3.71. The molecule has 22 heavy (non-hydrogen) atoms. The molecular weight excluding hydrogens is 294 g/mol. The van der Waals surface area contributed by atoms with Crippen LogP contribution in [0, 0.1) is 5.41 Å². The summed E-state index contributed by atoms with van der Waals surface area (Å²) in [7, 11) is 0. The van der Waals surface area contributed by atoms with Crippen LogP contribution in [0.3, 0.4) is 0 Å². The largest absolute Gasteiger partial charge is 0.369 e. The molecule has 0 radical (unpaired) electrons. The maximum Gasteiger partial charge on any atom is 0.126 e. The molecule has 2 aliphatic rings. The third-order valence-electron chi connectivity index (χ3n) is 5.03. The minimum Gasteiger partial charge on any atom is -0.369 e. The minimum absolute atomic E-state index is 0.474. The van der Waals surface area contributed by atoms with Crippen molar-refractivity contribution in [3.8, 4) is 0 Å². The molecule has 0 unspecified atom stereocenters. The van der Waals surface area contributed by atoms with E-state index in [1.807, 2.05) is 18.2 Å². The number of nitrogens with one attached hydrogen (secondary N) is 1. The Morgan fingerprint density at radius 2 is 1.95 bits per heavy atom. The first-order valence-corrected chi connectivity index (χ1v) is 8.64. The molecule has 0 amide bonds. The van der Waals surface area contributed by atoms with E-state index in [1.54, 1.807) is 0 Å². The van der Waals surface area contributed by atoms with E-state index in [9.17, 15) is 0 Å². The number of para-hydroxylation sites is 1. The number of rotatable bonds is 5. The van der Waals surface area contributed by atoms with E-state index in [2.05, 4.69) is 27.3 Å². The van der Waals surface area contributed by atoms with Crippen LogP contribution in [0.1, 0.15) is 25.7 Å². The summed E-state index contributed by atoms with van der Waals surface area (Å²) < 4.78 is 0. The monoisotopic (exact) mass is 315 g/mol. The molecule has 2 fully saturated rings. The van der Waals surface area contributed by atoms with Gasteiger partial charge in [0.2, 0.25) is 0 Å². The average molecular weight is 316 g/mol. The average Bonchev–Trinajstić information content (AvgIpc) is 3.10. The number of nitrogens with zero attached hydrogens (tertiary/aromatic N) is 2. The van der Waals surface area contributed by atoms with E-state index in [4.69, 9.17) is 11.6 Å². The normalized spacial score (nSPS) is 20.4. The first-order valence-electron chi connectivity index (χ1n) is 8.26. The fourth-order valence-electron chi connectivity index (χ4n) is 3.47. The van der Waals surface area contributed by atoms with Gasteiger partial charge in [-0.15, -0.1) is 0 Å². The number of hydrogen-bond donors (Lipinski definition) is 1.